The molecule has 0 radical (unpaired) electrons. The van der Waals surface area contributed by atoms with Gasteiger partial charge in [-0.3, -0.25) is 4.79 Å². The Bertz CT molecular complexity index is 1170. The number of carbonyl (C=O) groups excluding carboxylic acids is 1. The first-order chi connectivity index (χ1) is 14.8. The van der Waals surface area contributed by atoms with Crippen molar-refractivity contribution in [1.29, 1.82) is 0 Å². The number of benzene rings is 1. The fraction of sp³-hybridized carbons (Fsp3) is 0.263. The zero-order valence-corrected chi connectivity index (χ0v) is 19.3. The maximum atomic E-state index is 12.8. The highest BCUT2D eigenvalue weighted by atomic mass is 35.5. The van der Waals surface area contributed by atoms with E-state index in [1.807, 2.05) is 0 Å². The molecule has 3 aromatic rings. The molecule has 0 atom stereocenters. The molecule has 164 valence electrons. The van der Waals surface area contributed by atoms with Gasteiger partial charge < -0.3 is 9.64 Å². The number of amides is 1. The van der Waals surface area contributed by atoms with E-state index in [4.69, 9.17) is 27.9 Å². The van der Waals surface area contributed by atoms with E-state index in [-0.39, 0.29) is 31.4 Å². The molecule has 0 bridgehead atoms. The highest BCUT2D eigenvalue weighted by Crippen LogP contribution is 2.27. The lowest BCUT2D eigenvalue weighted by atomic mass is 10.3. The number of ether oxygens (including phenoxy) is 1. The van der Waals surface area contributed by atoms with Gasteiger partial charge in [-0.2, -0.15) is 9.40 Å². The summed E-state index contributed by atoms with van der Waals surface area (Å²) >= 11 is 13.1. The molecule has 2 aromatic heterocycles. The first kappa shape index (κ1) is 22.1. The lowest BCUT2D eigenvalue weighted by Gasteiger charge is -2.33. The van der Waals surface area contributed by atoms with Crippen molar-refractivity contribution < 1.29 is 17.9 Å². The van der Waals surface area contributed by atoms with Gasteiger partial charge in [-0.15, -0.1) is 11.3 Å². The van der Waals surface area contributed by atoms with Crippen LogP contribution in [0.3, 0.4) is 0 Å². The number of rotatable bonds is 6. The quantitative estimate of drug-likeness (QED) is 0.517. The average Bonchev–Trinajstić information content (AvgIpc) is 3.45. The molecule has 1 aromatic carbocycles. The number of thiophene rings is 1. The number of nitrogens with zero attached hydrogens (tertiary/aromatic N) is 4. The van der Waals surface area contributed by atoms with E-state index in [1.165, 1.54) is 20.3 Å². The first-order valence-electron chi connectivity index (χ1n) is 9.29. The summed E-state index contributed by atoms with van der Waals surface area (Å²) in [7, 11) is -3.51. The van der Waals surface area contributed by atoms with Crippen LogP contribution in [0.2, 0.25) is 10.0 Å². The van der Waals surface area contributed by atoms with Crippen LogP contribution in [0.15, 0.2) is 52.2 Å². The second-order valence-corrected chi connectivity index (χ2v) is 10.7. The summed E-state index contributed by atoms with van der Waals surface area (Å²) in [6, 6.07) is 9.80. The maximum Gasteiger partial charge on any atom is 0.274 e. The molecular weight excluding hydrogens is 483 g/mol. The minimum atomic E-state index is -3.51. The molecule has 0 unspecified atom stereocenters. The second-order valence-electron chi connectivity index (χ2n) is 6.72. The van der Waals surface area contributed by atoms with Gasteiger partial charge in [0.1, 0.15) is 9.96 Å². The Morgan fingerprint density at radius 3 is 2.58 bits per heavy atom. The summed E-state index contributed by atoms with van der Waals surface area (Å²) in [6.07, 6.45) is 1.63. The van der Waals surface area contributed by atoms with Crippen molar-refractivity contribution in [3.8, 4) is 5.75 Å². The van der Waals surface area contributed by atoms with Crippen LogP contribution in [-0.2, 0) is 16.8 Å². The Balaban J connectivity index is 1.34. The van der Waals surface area contributed by atoms with Crippen LogP contribution in [0.5, 0.6) is 5.75 Å². The molecule has 1 saturated heterocycles. The fourth-order valence-corrected chi connectivity index (χ4v) is 6.14. The number of sulfonamides is 1. The Hall–Kier alpha value is -2.11. The summed E-state index contributed by atoms with van der Waals surface area (Å²) < 4.78 is 34.0. The van der Waals surface area contributed by atoms with Gasteiger partial charge in [0.05, 0.1) is 5.02 Å². The summed E-state index contributed by atoms with van der Waals surface area (Å²) in [6.45, 7) is 1.15. The first-order valence-corrected chi connectivity index (χ1v) is 12.4. The molecule has 1 aliphatic rings. The van der Waals surface area contributed by atoms with Gasteiger partial charge in [-0.25, -0.2) is 13.1 Å². The molecule has 0 aliphatic carbocycles. The van der Waals surface area contributed by atoms with Crippen molar-refractivity contribution in [2.45, 2.75) is 10.9 Å². The zero-order valence-electron chi connectivity index (χ0n) is 16.1. The van der Waals surface area contributed by atoms with Crippen LogP contribution >= 0.6 is 34.5 Å². The largest absolute Gasteiger partial charge is 0.470 e. The summed E-state index contributed by atoms with van der Waals surface area (Å²) in [5, 5.41) is 6.87. The molecular formula is C19H18Cl2N4O4S2. The third-order valence-corrected chi connectivity index (χ3v) is 8.52. The average molecular weight is 501 g/mol. The number of piperazine rings is 1. The van der Waals surface area contributed by atoms with Crippen molar-refractivity contribution in [3.05, 3.63) is 63.7 Å². The van der Waals surface area contributed by atoms with Crippen LogP contribution < -0.4 is 4.74 Å². The van der Waals surface area contributed by atoms with Gasteiger partial charge in [-0.1, -0.05) is 29.3 Å². The smallest absolute Gasteiger partial charge is 0.274 e. The number of hydrogen-bond donors (Lipinski definition) is 0. The highest BCUT2D eigenvalue weighted by molar-refractivity contribution is 7.91. The Labute approximate surface area is 193 Å². The number of carbonyl (C=O) groups is 1. The van der Waals surface area contributed by atoms with E-state index in [2.05, 4.69) is 5.10 Å². The molecule has 8 nitrogen and oxygen atoms in total. The van der Waals surface area contributed by atoms with Crippen molar-refractivity contribution in [3.63, 3.8) is 0 Å². The summed E-state index contributed by atoms with van der Waals surface area (Å²) in [5.41, 5.74) is 0.264. The van der Waals surface area contributed by atoms with Crippen LogP contribution in [-0.4, -0.2) is 59.5 Å². The SMILES string of the molecule is O=C(c1ccn(COc2ccc(Cl)cc2Cl)n1)N1CCN(S(=O)(=O)c2cccs2)CC1. The second kappa shape index (κ2) is 9.17. The van der Waals surface area contributed by atoms with Crippen molar-refractivity contribution in [2.75, 3.05) is 26.2 Å². The van der Waals surface area contributed by atoms with Crippen molar-refractivity contribution >= 4 is 50.5 Å². The predicted molar refractivity (Wildman–Crippen MR) is 118 cm³/mol. The number of hydrogen-bond acceptors (Lipinski definition) is 6. The molecule has 1 aliphatic heterocycles. The third-order valence-electron chi connectivity index (χ3n) is 4.72. The summed E-state index contributed by atoms with van der Waals surface area (Å²) in [5.74, 6) is 0.203. The molecule has 1 amide bonds. The lowest BCUT2D eigenvalue weighted by Crippen LogP contribution is -2.50. The molecule has 0 saturated carbocycles. The fourth-order valence-electron chi connectivity index (χ4n) is 3.11. The van der Waals surface area contributed by atoms with E-state index < -0.39 is 10.0 Å². The normalized spacial score (nSPS) is 15.2. The molecule has 0 N–H and O–H groups in total. The Morgan fingerprint density at radius 2 is 1.90 bits per heavy atom. The minimum Gasteiger partial charge on any atom is -0.470 e. The maximum absolute atomic E-state index is 12.8. The van der Waals surface area contributed by atoms with E-state index in [0.29, 0.717) is 33.1 Å². The standard InChI is InChI=1S/C19H18Cl2N4O4S2/c20-14-3-4-17(15(21)12-14)29-13-24-6-5-16(22-24)19(26)23-7-9-25(10-8-23)31(27,28)18-2-1-11-30-18/h1-6,11-12H,7-10,13H2. The van der Waals surface area contributed by atoms with Crippen molar-refractivity contribution in [1.82, 2.24) is 19.0 Å². The molecule has 12 heteroatoms. The molecule has 0 spiro atoms. The highest BCUT2D eigenvalue weighted by Gasteiger charge is 2.31. The number of aromatic nitrogens is 2. The van der Waals surface area contributed by atoms with E-state index >= 15 is 0 Å². The predicted octanol–water partition coefficient (Wildman–Crippen LogP) is 3.43. The van der Waals surface area contributed by atoms with E-state index in [1.54, 1.807) is 52.9 Å². The van der Waals surface area contributed by atoms with Crippen molar-refractivity contribution in [2.24, 2.45) is 0 Å². The minimum absolute atomic E-state index is 0.0709. The van der Waals surface area contributed by atoms with Gasteiger partial charge in [0.2, 0.25) is 0 Å². The topological polar surface area (TPSA) is 84.7 Å². The van der Waals surface area contributed by atoms with Gasteiger partial charge in [0.15, 0.2) is 12.4 Å². The van der Waals surface area contributed by atoms with Crippen LogP contribution in [0, 0.1) is 0 Å². The van der Waals surface area contributed by atoms with Crippen LogP contribution in [0.1, 0.15) is 10.5 Å². The van der Waals surface area contributed by atoms with Gasteiger partial charge in [0, 0.05) is 37.4 Å². The van der Waals surface area contributed by atoms with E-state index in [9.17, 15) is 13.2 Å². The van der Waals surface area contributed by atoms with Gasteiger partial charge >= 0.3 is 0 Å². The Morgan fingerprint density at radius 1 is 1.13 bits per heavy atom. The lowest BCUT2D eigenvalue weighted by molar-refractivity contribution is 0.0690. The van der Waals surface area contributed by atoms with Gasteiger partial charge in [0.25, 0.3) is 15.9 Å². The monoisotopic (exact) mass is 500 g/mol. The Kier molecular flexibility index (Phi) is 6.54. The molecule has 31 heavy (non-hydrogen) atoms. The molecule has 3 heterocycles. The third kappa shape index (κ3) is 4.88. The number of halogens is 2. The molecule has 4 rings (SSSR count). The van der Waals surface area contributed by atoms with Crippen LogP contribution in [0.4, 0.5) is 0 Å². The van der Waals surface area contributed by atoms with Crippen LogP contribution in [0.25, 0.3) is 0 Å². The summed E-state index contributed by atoms with van der Waals surface area (Å²) in [4.78, 5) is 14.4. The van der Waals surface area contributed by atoms with Gasteiger partial charge in [-0.05, 0) is 35.7 Å². The zero-order chi connectivity index (χ0) is 22.0. The molecule has 1 fully saturated rings. The van der Waals surface area contributed by atoms with E-state index in [0.717, 1.165) is 0 Å².